The van der Waals surface area contributed by atoms with E-state index < -0.39 is 30.7 Å². The van der Waals surface area contributed by atoms with Gasteiger partial charge in [0.05, 0.1) is 22.4 Å². The zero-order chi connectivity index (χ0) is 12.6. The molecule has 1 fully saturated rings. The fraction of sp³-hybridized carbons (Fsp3) is 1.00. The summed E-state index contributed by atoms with van der Waals surface area (Å²) >= 11 is 0. The van der Waals surface area contributed by atoms with Crippen molar-refractivity contribution >= 4 is 19.9 Å². The molecule has 1 saturated heterocycles. The van der Waals surface area contributed by atoms with Gasteiger partial charge >= 0.3 is 0 Å². The van der Waals surface area contributed by atoms with Crippen molar-refractivity contribution in [2.45, 2.75) is 38.0 Å². The number of hydrogen-bond donors (Lipinski definition) is 1. The number of nitrogens with one attached hydrogen (secondary N) is 1. The Labute approximate surface area is 96.3 Å². The highest BCUT2D eigenvalue weighted by Crippen LogP contribution is 2.18. The first-order chi connectivity index (χ1) is 7.02. The minimum atomic E-state index is -3.72. The number of sulfonamides is 1. The van der Waals surface area contributed by atoms with Crippen molar-refractivity contribution in [3.05, 3.63) is 0 Å². The van der Waals surface area contributed by atoms with Gasteiger partial charge < -0.3 is 0 Å². The summed E-state index contributed by atoms with van der Waals surface area (Å²) in [7, 11) is -6.92. The fourth-order valence-corrected chi connectivity index (χ4v) is 5.22. The Bertz CT molecular complexity index is 445. The molecule has 6 nitrogen and oxygen atoms in total. The molecule has 0 aromatic carbocycles. The van der Waals surface area contributed by atoms with Crippen LogP contribution in [0.15, 0.2) is 0 Å². The van der Waals surface area contributed by atoms with Crippen LogP contribution in [0, 0.1) is 0 Å². The van der Waals surface area contributed by atoms with Gasteiger partial charge in [-0.2, -0.15) is 0 Å². The Hall–Kier alpha value is -0.180. The predicted molar refractivity (Wildman–Crippen MR) is 60.0 cm³/mol. The fourth-order valence-electron chi connectivity index (χ4n) is 1.26. The summed E-state index contributed by atoms with van der Waals surface area (Å²) in [6, 6.07) is 0. The second-order valence-corrected chi connectivity index (χ2v) is 9.02. The molecule has 1 unspecified atom stereocenters. The zero-order valence-electron chi connectivity index (χ0n) is 9.56. The second kappa shape index (κ2) is 4.25. The molecule has 1 heterocycles. The Morgan fingerprint density at radius 3 is 2.25 bits per heavy atom. The highest BCUT2D eigenvalue weighted by molar-refractivity contribution is 7.95. The van der Waals surface area contributed by atoms with Crippen LogP contribution in [0.25, 0.3) is 0 Å². The second-order valence-electron chi connectivity index (χ2n) is 4.87. The molecule has 0 bridgehead atoms. The molecule has 0 aromatic rings. The first kappa shape index (κ1) is 13.9. The number of sulfone groups is 1. The molecule has 0 radical (unpaired) electrons. The molecule has 0 aromatic heterocycles. The van der Waals surface area contributed by atoms with Gasteiger partial charge in [0.1, 0.15) is 0 Å². The zero-order valence-corrected chi connectivity index (χ0v) is 11.2. The Kier molecular flexibility index (Phi) is 3.68. The molecule has 0 aliphatic carbocycles. The average molecular weight is 271 g/mol. The molecule has 0 saturated carbocycles. The van der Waals surface area contributed by atoms with Gasteiger partial charge in [0.25, 0.3) is 0 Å². The third kappa shape index (κ3) is 4.00. The van der Waals surface area contributed by atoms with Crippen molar-refractivity contribution in [2.24, 2.45) is 0 Å². The lowest BCUT2D eigenvalue weighted by molar-refractivity contribution is -0.0360. The minimum Gasteiger partial charge on any atom is -0.281 e. The van der Waals surface area contributed by atoms with Crippen molar-refractivity contribution in [1.82, 2.24) is 4.89 Å². The van der Waals surface area contributed by atoms with Crippen molar-refractivity contribution < 1.29 is 21.7 Å². The molecule has 8 heteroatoms. The smallest absolute Gasteiger partial charge is 0.237 e. The third-order valence-electron chi connectivity index (χ3n) is 2.09. The van der Waals surface area contributed by atoms with E-state index in [1.54, 1.807) is 20.8 Å². The summed E-state index contributed by atoms with van der Waals surface area (Å²) in [4.78, 5) is 6.93. The summed E-state index contributed by atoms with van der Waals surface area (Å²) in [5.74, 6) is -0.399. The van der Waals surface area contributed by atoms with Gasteiger partial charge in [0.2, 0.25) is 10.0 Å². The highest BCUT2D eigenvalue weighted by atomic mass is 32.2. The maximum Gasteiger partial charge on any atom is 0.237 e. The normalized spacial score (nSPS) is 25.8. The van der Waals surface area contributed by atoms with E-state index in [1.807, 2.05) is 4.89 Å². The van der Waals surface area contributed by atoms with Crippen molar-refractivity contribution in [3.63, 3.8) is 0 Å². The van der Waals surface area contributed by atoms with Gasteiger partial charge in [0.15, 0.2) is 9.84 Å². The van der Waals surface area contributed by atoms with E-state index in [9.17, 15) is 16.8 Å². The van der Waals surface area contributed by atoms with E-state index >= 15 is 0 Å². The molecule has 0 amide bonds. The van der Waals surface area contributed by atoms with E-state index in [4.69, 9.17) is 4.84 Å². The van der Waals surface area contributed by atoms with Gasteiger partial charge in [-0.25, -0.2) is 16.8 Å². The van der Waals surface area contributed by atoms with Crippen LogP contribution in [0.1, 0.15) is 27.2 Å². The Balaban J connectivity index is 2.67. The van der Waals surface area contributed by atoms with Crippen molar-refractivity contribution in [3.8, 4) is 0 Å². The molecule has 1 rings (SSSR count). The van der Waals surface area contributed by atoms with Gasteiger partial charge in [-0.1, -0.05) is 4.89 Å². The van der Waals surface area contributed by atoms with Crippen LogP contribution >= 0.6 is 0 Å². The van der Waals surface area contributed by atoms with E-state index in [0.29, 0.717) is 0 Å². The lowest BCUT2D eigenvalue weighted by atomic mass is 10.2. The maximum atomic E-state index is 11.7. The van der Waals surface area contributed by atoms with Gasteiger partial charge in [0, 0.05) is 0 Å². The predicted octanol–water partition coefficient (Wildman–Crippen LogP) is -0.177. The molecule has 1 atom stereocenters. The molecule has 1 aliphatic rings. The highest BCUT2D eigenvalue weighted by Gasteiger charge is 2.37. The van der Waals surface area contributed by atoms with E-state index in [1.165, 1.54) is 0 Å². The molecule has 1 aliphatic heterocycles. The summed E-state index contributed by atoms with van der Waals surface area (Å²) in [5, 5.41) is -0.903. The summed E-state index contributed by atoms with van der Waals surface area (Å²) < 4.78 is 45.6. The van der Waals surface area contributed by atoms with Crippen molar-refractivity contribution in [2.75, 3.05) is 11.5 Å². The van der Waals surface area contributed by atoms with Crippen LogP contribution < -0.4 is 4.89 Å². The topological polar surface area (TPSA) is 89.5 Å². The monoisotopic (exact) mass is 271 g/mol. The number of rotatable bonds is 3. The molecular formula is C8H17NO5S2. The van der Waals surface area contributed by atoms with Gasteiger partial charge in [-0.3, -0.25) is 4.84 Å². The lowest BCUT2D eigenvalue weighted by Gasteiger charge is -2.20. The van der Waals surface area contributed by atoms with E-state index in [0.717, 1.165) is 0 Å². The summed E-state index contributed by atoms with van der Waals surface area (Å²) in [6.07, 6.45) is 0.130. The van der Waals surface area contributed by atoms with E-state index in [-0.39, 0.29) is 17.9 Å². The average Bonchev–Trinajstić information content (AvgIpc) is 2.42. The summed E-state index contributed by atoms with van der Waals surface area (Å²) in [6.45, 7) is 5.09. The number of hydrogen-bond acceptors (Lipinski definition) is 5. The van der Waals surface area contributed by atoms with Crippen LogP contribution in [0.3, 0.4) is 0 Å². The molecule has 96 valence electrons. The largest absolute Gasteiger partial charge is 0.281 e. The first-order valence-corrected chi connectivity index (χ1v) is 8.28. The van der Waals surface area contributed by atoms with Gasteiger partial charge in [-0.15, -0.1) is 0 Å². The summed E-state index contributed by atoms with van der Waals surface area (Å²) in [5.41, 5.74) is -0.648. The quantitative estimate of drug-likeness (QED) is 0.719. The van der Waals surface area contributed by atoms with Crippen LogP contribution in [-0.4, -0.2) is 39.2 Å². The molecule has 0 spiro atoms. The molecule has 1 N–H and O–H groups in total. The minimum absolute atomic E-state index is 0.0753. The van der Waals surface area contributed by atoms with Crippen LogP contribution in [-0.2, 0) is 24.7 Å². The van der Waals surface area contributed by atoms with Crippen molar-refractivity contribution in [1.29, 1.82) is 0 Å². The van der Waals surface area contributed by atoms with Gasteiger partial charge in [-0.05, 0) is 27.2 Å². The Morgan fingerprint density at radius 2 is 1.88 bits per heavy atom. The van der Waals surface area contributed by atoms with Crippen LogP contribution in [0.2, 0.25) is 0 Å². The Morgan fingerprint density at radius 1 is 1.31 bits per heavy atom. The standard InChI is InChI=1S/C8H17NO5S2/c1-8(2,3)14-9-16(12,13)7-4-5-15(10,11)6-7/h7,9H,4-6H2,1-3H3. The van der Waals surface area contributed by atoms with E-state index in [2.05, 4.69) is 0 Å². The molecule has 16 heavy (non-hydrogen) atoms. The molecular weight excluding hydrogens is 254 g/mol. The van der Waals surface area contributed by atoms with Crippen LogP contribution in [0.5, 0.6) is 0 Å². The third-order valence-corrected chi connectivity index (χ3v) is 5.67. The lowest BCUT2D eigenvalue weighted by Crippen LogP contribution is -2.39. The maximum absolute atomic E-state index is 11.7. The first-order valence-electron chi connectivity index (χ1n) is 4.91. The van der Waals surface area contributed by atoms with Crippen LogP contribution in [0.4, 0.5) is 0 Å². The SMILES string of the molecule is CC(C)(C)ONS(=O)(=O)C1CCS(=O)(=O)C1.